The highest BCUT2D eigenvalue weighted by Crippen LogP contribution is 1.98. The van der Waals surface area contributed by atoms with Gasteiger partial charge in [-0.05, 0) is 20.8 Å². The fourth-order valence-electron chi connectivity index (χ4n) is 0.594. The van der Waals surface area contributed by atoms with Gasteiger partial charge in [0.1, 0.15) is 5.76 Å². The van der Waals surface area contributed by atoms with Crippen LogP contribution in [-0.2, 0) is 14.3 Å². The molecule has 0 radical (unpaired) electrons. The maximum Gasteiger partial charge on any atom is 0.513 e. The van der Waals surface area contributed by atoms with E-state index < -0.39 is 6.16 Å². The van der Waals surface area contributed by atoms with Gasteiger partial charge < -0.3 is 9.47 Å². The van der Waals surface area contributed by atoms with Crippen LogP contribution in [0.3, 0.4) is 0 Å². The molecule has 0 aliphatic rings. The molecule has 0 fully saturated rings. The molecule has 0 rings (SSSR count). The van der Waals surface area contributed by atoms with Gasteiger partial charge in [-0.1, -0.05) is 0 Å². The summed E-state index contributed by atoms with van der Waals surface area (Å²) in [4.78, 5) is 21.1. The van der Waals surface area contributed by atoms with Gasteiger partial charge in [-0.25, -0.2) is 4.79 Å². The Balaban J connectivity index is 3.91. The van der Waals surface area contributed by atoms with Crippen molar-refractivity contribution in [3.63, 3.8) is 0 Å². The molecular weight excluding hydrogens is 160 g/mol. The number of carbonyl (C=O) groups excluding carboxylic acids is 2. The van der Waals surface area contributed by atoms with Crippen LogP contribution in [0.2, 0.25) is 0 Å². The second-order valence-corrected chi connectivity index (χ2v) is 2.15. The maximum absolute atomic E-state index is 10.6. The molecule has 0 aliphatic carbocycles. The number of allylic oxidation sites excluding steroid dienone is 2. The molecular formula is C8H12O4. The summed E-state index contributed by atoms with van der Waals surface area (Å²) in [5, 5.41) is 0. The van der Waals surface area contributed by atoms with Crippen LogP contribution in [0.5, 0.6) is 0 Å². The third-order valence-electron chi connectivity index (χ3n) is 0.913. The maximum atomic E-state index is 10.6. The van der Waals surface area contributed by atoms with E-state index in [4.69, 9.17) is 0 Å². The van der Waals surface area contributed by atoms with Crippen molar-refractivity contribution in [2.75, 3.05) is 6.61 Å². The minimum absolute atomic E-state index is 0.170. The lowest BCUT2D eigenvalue weighted by molar-refractivity contribution is -0.112. The van der Waals surface area contributed by atoms with Crippen LogP contribution in [0.4, 0.5) is 4.79 Å². The van der Waals surface area contributed by atoms with E-state index in [1.807, 2.05) is 0 Å². The summed E-state index contributed by atoms with van der Waals surface area (Å²) in [6.07, 6.45) is 0.434. The van der Waals surface area contributed by atoms with Gasteiger partial charge in [0.2, 0.25) is 0 Å². The predicted molar refractivity (Wildman–Crippen MR) is 42.5 cm³/mol. The van der Waals surface area contributed by atoms with Gasteiger partial charge >= 0.3 is 6.16 Å². The molecule has 0 heterocycles. The standard InChI is InChI=1S/C8H12O4/c1-4-11-8(10)12-7(3)5-6(2)9/h5H,4H2,1-3H3/b7-5-. The zero-order chi connectivity index (χ0) is 9.56. The molecule has 0 bridgehead atoms. The van der Waals surface area contributed by atoms with Crippen molar-refractivity contribution in [2.24, 2.45) is 0 Å². The lowest BCUT2D eigenvalue weighted by Crippen LogP contribution is -2.06. The molecule has 12 heavy (non-hydrogen) atoms. The monoisotopic (exact) mass is 172 g/mol. The van der Waals surface area contributed by atoms with E-state index in [2.05, 4.69) is 9.47 Å². The molecule has 4 heteroatoms. The number of carbonyl (C=O) groups is 2. The second kappa shape index (κ2) is 5.35. The Labute approximate surface area is 71.2 Å². The summed E-state index contributed by atoms with van der Waals surface area (Å²) in [5.74, 6) is 0.0674. The summed E-state index contributed by atoms with van der Waals surface area (Å²) in [6, 6.07) is 0. The summed E-state index contributed by atoms with van der Waals surface area (Å²) in [5.41, 5.74) is 0. The highest BCUT2D eigenvalue weighted by Gasteiger charge is 2.03. The van der Waals surface area contributed by atoms with Crippen molar-refractivity contribution in [1.29, 1.82) is 0 Å². The Morgan fingerprint density at radius 2 is 1.92 bits per heavy atom. The van der Waals surface area contributed by atoms with Gasteiger partial charge in [-0.2, -0.15) is 0 Å². The largest absolute Gasteiger partial charge is 0.513 e. The van der Waals surface area contributed by atoms with E-state index in [1.165, 1.54) is 19.9 Å². The predicted octanol–water partition coefficient (Wildman–Crippen LogP) is 1.65. The molecule has 0 aromatic heterocycles. The quantitative estimate of drug-likeness (QED) is 0.369. The van der Waals surface area contributed by atoms with Crippen LogP contribution in [0, 0.1) is 0 Å². The van der Waals surface area contributed by atoms with Crippen LogP contribution in [0.25, 0.3) is 0 Å². The van der Waals surface area contributed by atoms with Crippen molar-refractivity contribution in [3.05, 3.63) is 11.8 Å². The third kappa shape index (κ3) is 5.46. The SMILES string of the molecule is CCOC(=O)O/C(C)=C\C(C)=O. The zero-order valence-electron chi connectivity index (χ0n) is 7.42. The zero-order valence-corrected chi connectivity index (χ0v) is 7.42. The van der Waals surface area contributed by atoms with E-state index in [0.29, 0.717) is 0 Å². The number of hydrogen-bond donors (Lipinski definition) is 0. The third-order valence-corrected chi connectivity index (χ3v) is 0.913. The van der Waals surface area contributed by atoms with Gasteiger partial charge in [0.05, 0.1) is 6.61 Å². The van der Waals surface area contributed by atoms with Crippen LogP contribution < -0.4 is 0 Å². The van der Waals surface area contributed by atoms with Crippen molar-refractivity contribution in [1.82, 2.24) is 0 Å². The summed E-state index contributed by atoms with van der Waals surface area (Å²) in [7, 11) is 0. The Hall–Kier alpha value is -1.32. The molecule has 0 N–H and O–H groups in total. The Morgan fingerprint density at radius 3 is 2.33 bits per heavy atom. The summed E-state index contributed by atoms with van der Waals surface area (Å²) >= 11 is 0. The van der Waals surface area contributed by atoms with Crippen molar-refractivity contribution in [2.45, 2.75) is 20.8 Å². The van der Waals surface area contributed by atoms with E-state index >= 15 is 0 Å². The van der Waals surface area contributed by atoms with Gasteiger partial charge in [0.15, 0.2) is 5.78 Å². The molecule has 0 saturated carbocycles. The van der Waals surface area contributed by atoms with E-state index in [1.54, 1.807) is 6.92 Å². The molecule has 0 aliphatic heterocycles. The van der Waals surface area contributed by atoms with Crippen molar-refractivity contribution < 1.29 is 19.1 Å². The summed E-state index contributed by atoms with van der Waals surface area (Å²) < 4.78 is 9.06. The number of rotatable bonds is 3. The van der Waals surface area contributed by atoms with E-state index in [0.717, 1.165) is 0 Å². The molecule has 0 spiro atoms. The van der Waals surface area contributed by atoms with Crippen LogP contribution in [-0.4, -0.2) is 18.5 Å². The lowest BCUT2D eigenvalue weighted by atomic mass is 10.4. The molecule has 0 saturated heterocycles. The molecule has 0 amide bonds. The van der Waals surface area contributed by atoms with Gasteiger partial charge in [0.25, 0.3) is 0 Å². The molecule has 0 unspecified atom stereocenters. The lowest BCUT2D eigenvalue weighted by Gasteiger charge is -2.02. The minimum Gasteiger partial charge on any atom is -0.434 e. The van der Waals surface area contributed by atoms with Crippen LogP contribution in [0.15, 0.2) is 11.8 Å². The first-order valence-electron chi connectivity index (χ1n) is 3.59. The molecule has 0 aromatic carbocycles. The van der Waals surface area contributed by atoms with Crippen molar-refractivity contribution >= 4 is 11.9 Å². The van der Waals surface area contributed by atoms with Gasteiger partial charge in [-0.15, -0.1) is 0 Å². The van der Waals surface area contributed by atoms with E-state index in [9.17, 15) is 9.59 Å². The van der Waals surface area contributed by atoms with Gasteiger partial charge in [-0.3, -0.25) is 4.79 Å². The second-order valence-electron chi connectivity index (χ2n) is 2.15. The van der Waals surface area contributed by atoms with Gasteiger partial charge in [0, 0.05) is 6.08 Å². The Bertz CT molecular complexity index is 205. The molecule has 0 atom stereocenters. The van der Waals surface area contributed by atoms with Crippen LogP contribution >= 0.6 is 0 Å². The van der Waals surface area contributed by atoms with Crippen molar-refractivity contribution in [3.8, 4) is 0 Å². The molecule has 68 valence electrons. The highest BCUT2D eigenvalue weighted by molar-refractivity contribution is 5.87. The smallest absolute Gasteiger partial charge is 0.434 e. The fraction of sp³-hybridized carbons (Fsp3) is 0.500. The normalized spacial score (nSPS) is 10.8. The first-order chi connectivity index (χ1) is 5.56. The minimum atomic E-state index is -0.785. The first kappa shape index (κ1) is 10.7. The summed E-state index contributed by atoms with van der Waals surface area (Å²) in [6.45, 7) is 4.81. The molecule has 4 nitrogen and oxygen atoms in total. The molecule has 0 aromatic rings. The average molecular weight is 172 g/mol. The number of hydrogen-bond acceptors (Lipinski definition) is 4. The van der Waals surface area contributed by atoms with E-state index in [-0.39, 0.29) is 18.1 Å². The van der Waals surface area contributed by atoms with Crippen LogP contribution in [0.1, 0.15) is 20.8 Å². The Kier molecular flexibility index (Phi) is 4.76. The number of ketones is 1. The fourth-order valence-corrected chi connectivity index (χ4v) is 0.594. The highest BCUT2D eigenvalue weighted by atomic mass is 16.7. The average Bonchev–Trinajstić information content (AvgIpc) is 1.84. The Morgan fingerprint density at radius 1 is 1.33 bits per heavy atom. The topological polar surface area (TPSA) is 52.6 Å². The number of ether oxygens (including phenoxy) is 2. The first-order valence-corrected chi connectivity index (χ1v) is 3.59.